The number of aliphatic hydroxyl groups is 3. The molecule has 2 fully saturated rings. The molecule has 264 valence electrons. The third-order valence-corrected chi connectivity index (χ3v) is 10.0. The fraction of sp³-hybridized carbons (Fsp3) is 0.476. The Morgan fingerprint density at radius 3 is 2.20 bits per heavy atom. The van der Waals surface area contributed by atoms with Crippen molar-refractivity contribution in [2.45, 2.75) is 49.1 Å². The van der Waals surface area contributed by atoms with Crippen molar-refractivity contribution in [2.75, 3.05) is 18.9 Å². The normalized spacial score (nSPS) is 30.1. The number of primary amides is 1. The van der Waals surface area contributed by atoms with Gasteiger partial charge in [-0.25, -0.2) is 19.3 Å². The maximum Gasteiger partial charge on any atom is 1.00 e. The van der Waals surface area contributed by atoms with Crippen molar-refractivity contribution in [3.05, 3.63) is 42.7 Å². The summed E-state index contributed by atoms with van der Waals surface area (Å²) >= 11 is 0. The molecule has 0 spiro atoms. The van der Waals surface area contributed by atoms with Gasteiger partial charge in [-0.15, -0.1) is 0 Å². The fourth-order valence-corrected chi connectivity index (χ4v) is 7.36. The number of pyridine rings is 1. The van der Waals surface area contributed by atoms with Crippen LogP contribution in [-0.2, 0) is 41.1 Å². The zero-order valence-corrected chi connectivity index (χ0v) is 32.5. The van der Waals surface area contributed by atoms with Gasteiger partial charge in [0.1, 0.15) is 47.9 Å². The number of hydrogen-bond donors (Lipinski definition) is 6. The van der Waals surface area contributed by atoms with E-state index in [9.17, 15) is 53.4 Å². The zero-order valence-electron chi connectivity index (χ0n) is 25.8. The Morgan fingerprint density at radius 2 is 1.60 bits per heavy atom. The Kier molecular flexibility index (Phi) is 14.9. The molecule has 0 radical (unpaired) electrons. The first-order chi connectivity index (χ1) is 22.4. The smallest absolute Gasteiger partial charge is 0.756 e. The van der Waals surface area contributed by atoms with Crippen molar-refractivity contribution in [1.29, 1.82) is 0 Å². The number of nitrogens with two attached hydrogens (primary N) is 2. The summed E-state index contributed by atoms with van der Waals surface area (Å²) in [5, 5.41) is 31.4. The summed E-state index contributed by atoms with van der Waals surface area (Å²) < 4.78 is 67.0. The van der Waals surface area contributed by atoms with Crippen LogP contribution >= 0.6 is 23.5 Å². The molecule has 2 aliphatic heterocycles. The van der Waals surface area contributed by atoms with Crippen molar-refractivity contribution in [2.24, 2.45) is 5.73 Å². The number of phosphoric acid groups is 3. The first kappa shape index (κ1) is 43.5. The quantitative estimate of drug-likeness (QED) is 0.0532. The van der Waals surface area contributed by atoms with Gasteiger partial charge in [0, 0.05) is 6.07 Å². The number of fused-ring (bicyclic) bond motifs is 1. The molecule has 0 aromatic carbocycles. The van der Waals surface area contributed by atoms with E-state index in [1.54, 1.807) is 0 Å². The van der Waals surface area contributed by atoms with E-state index < -0.39 is 91.7 Å². The van der Waals surface area contributed by atoms with Crippen LogP contribution in [0.25, 0.3) is 11.2 Å². The van der Waals surface area contributed by atoms with Gasteiger partial charge in [-0.05, 0) is 6.07 Å². The number of rotatable bonds is 13. The SMILES string of the molecule is NC(=O)c1ccc[n+](C2O[C@H](COP(=O)([O-])OP(=O)([O-])OC[C@H]3O[C@@H](n4cnc5c(N)ncnc54)[C@H](OP(=O)([O-])O)[C@@H]3O)[C@@H](O)[C@H]2O)c1.[Na+].[Na+]. The minimum absolute atomic E-state index is 0. The van der Waals surface area contributed by atoms with E-state index in [1.165, 1.54) is 29.1 Å². The van der Waals surface area contributed by atoms with Gasteiger partial charge < -0.3 is 69.4 Å². The van der Waals surface area contributed by atoms with Gasteiger partial charge >= 0.3 is 59.1 Å². The summed E-state index contributed by atoms with van der Waals surface area (Å²) in [6, 6.07) is 2.75. The molecule has 8 N–H and O–H groups in total. The van der Waals surface area contributed by atoms with E-state index in [0.717, 1.165) is 17.2 Å². The van der Waals surface area contributed by atoms with Crippen LogP contribution in [0.3, 0.4) is 0 Å². The van der Waals surface area contributed by atoms with E-state index in [0.29, 0.717) is 0 Å². The summed E-state index contributed by atoms with van der Waals surface area (Å²) in [5.41, 5.74) is 11.0. The molecule has 50 heavy (non-hydrogen) atoms. The summed E-state index contributed by atoms with van der Waals surface area (Å²) in [4.78, 5) is 68.6. The van der Waals surface area contributed by atoms with Crippen LogP contribution in [0.5, 0.6) is 0 Å². The summed E-state index contributed by atoms with van der Waals surface area (Å²) in [6.07, 6.45) is -9.03. The van der Waals surface area contributed by atoms with Gasteiger partial charge in [0.25, 0.3) is 35.6 Å². The first-order valence-corrected chi connectivity index (χ1v) is 17.7. The molecule has 0 bridgehead atoms. The Hall–Kier alpha value is -0.860. The zero-order chi connectivity index (χ0) is 35.2. The van der Waals surface area contributed by atoms with Crippen LogP contribution in [0.15, 0.2) is 37.2 Å². The van der Waals surface area contributed by atoms with Gasteiger partial charge in [0.15, 0.2) is 36.2 Å². The third-order valence-electron chi connectivity index (χ3n) is 6.96. The van der Waals surface area contributed by atoms with Crippen LogP contribution in [0, 0.1) is 0 Å². The summed E-state index contributed by atoms with van der Waals surface area (Å²) in [5.74, 6) is -0.891. The molecule has 29 heteroatoms. The number of phosphoric ester groups is 3. The molecule has 1 amide bonds. The first-order valence-electron chi connectivity index (χ1n) is 13.3. The number of carbonyl (C=O) groups is 1. The van der Waals surface area contributed by atoms with E-state index in [4.69, 9.17) is 20.9 Å². The van der Waals surface area contributed by atoms with Gasteiger partial charge in [-0.1, -0.05) is 0 Å². The third kappa shape index (κ3) is 10.2. The molecule has 5 rings (SSSR count). The Morgan fingerprint density at radius 1 is 0.980 bits per heavy atom. The molecule has 3 aromatic heterocycles. The van der Waals surface area contributed by atoms with Crippen LogP contribution in [0.4, 0.5) is 5.82 Å². The Labute approximate surface area is 324 Å². The van der Waals surface area contributed by atoms with Gasteiger partial charge in [-0.2, -0.15) is 4.57 Å². The molecule has 5 heterocycles. The molecule has 11 atom stereocenters. The molecule has 24 nitrogen and oxygen atoms in total. The average molecular weight is 787 g/mol. The summed E-state index contributed by atoms with van der Waals surface area (Å²) in [7, 11) is -17.2. The van der Waals surface area contributed by atoms with Crippen LogP contribution in [-0.4, -0.2) is 95.5 Å². The number of ether oxygens (including phenoxy) is 2. The monoisotopic (exact) mass is 787 g/mol. The van der Waals surface area contributed by atoms with Crippen LogP contribution in [0.2, 0.25) is 0 Å². The minimum atomic E-state index is -5.85. The number of aliphatic hydroxyl groups excluding tert-OH is 3. The fourth-order valence-electron chi connectivity index (χ4n) is 4.81. The maximum atomic E-state index is 12.4. The summed E-state index contributed by atoms with van der Waals surface area (Å²) in [6.45, 7) is -2.24. The van der Waals surface area contributed by atoms with Crippen molar-refractivity contribution < 1.29 is 144 Å². The number of amides is 1. The van der Waals surface area contributed by atoms with E-state index in [2.05, 4.69) is 32.8 Å². The van der Waals surface area contributed by atoms with Gasteiger partial charge in [-0.3, -0.25) is 23.1 Å². The molecule has 0 aliphatic carbocycles. The van der Waals surface area contributed by atoms with Crippen LogP contribution < -0.4 is 89.8 Å². The molecule has 4 unspecified atom stereocenters. The molecule has 2 saturated heterocycles. The second kappa shape index (κ2) is 17.1. The molecule has 3 aromatic rings. The standard InChI is InChI=1S/C21H28N7O17P3.2Na/c22-17-12-19(25-7-24-17)28(8-26-12)21-16(44-46(33,34)35)14(30)11(43-21)6-41-48(38,39)45-47(36,37)40-5-10-13(29)15(31)20(42-10)27-3-1-2-9(4-27)18(23)32;;/h1-4,7-8,10-11,13-16,20-21,29-31H,5-6H2,(H7-,22,23,24,25,32,33,34,35,36,37,38,39);;/q;2*+1/p-2/t10-,11-,13-,14-,15-,16-,20?,21-;;/m1../s1. The number of nitrogen functional groups attached to an aromatic ring is 1. The predicted octanol–water partition coefficient (Wildman–Crippen LogP) is -10.8. The predicted molar refractivity (Wildman–Crippen MR) is 144 cm³/mol. The maximum absolute atomic E-state index is 12.4. The molecular weight excluding hydrogens is 761 g/mol. The number of hydrogen-bond acceptors (Lipinski definition) is 20. The molecular formula is C21H26N7Na2O17P3. The number of aromatic nitrogens is 5. The number of imidazole rings is 1. The largest absolute Gasteiger partial charge is 1.00 e. The van der Waals surface area contributed by atoms with Gasteiger partial charge in [0.2, 0.25) is 0 Å². The van der Waals surface area contributed by atoms with Crippen molar-refractivity contribution in [1.82, 2.24) is 19.5 Å². The molecule has 0 saturated carbocycles. The van der Waals surface area contributed by atoms with E-state index >= 15 is 0 Å². The van der Waals surface area contributed by atoms with Crippen molar-refractivity contribution in [3.8, 4) is 0 Å². The topological polar surface area (TPSA) is 373 Å². The minimum Gasteiger partial charge on any atom is -0.756 e. The van der Waals surface area contributed by atoms with Crippen molar-refractivity contribution in [3.63, 3.8) is 0 Å². The second-order valence-electron chi connectivity index (χ2n) is 10.2. The van der Waals surface area contributed by atoms with E-state index in [1.807, 2.05) is 0 Å². The number of nitrogens with zero attached hydrogens (tertiary/aromatic N) is 5. The van der Waals surface area contributed by atoms with Crippen LogP contribution in [0.1, 0.15) is 22.8 Å². The van der Waals surface area contributed by atoms with Gasteiger partial charge in [0.05, 0.1) is 19.5 Å². The molecule has 2 aliphatic rings. The van der Waals surface area contributed by atoms with E-state index in [-0.39, 0.29) is 81.7 Å². The second-order valence-corrected chi connectivity index (χ2v) is 14.3. The average Bonchev–Trinajstić information content (AvgIpc) is 3.64. The number of anilines is 1. The Balaban J connectivity index is 0.00000338. The van der Waals surface area contributed by atoms with Crippen molar-refractivity contribution >= 4 is 46.4 Å². The Bertz CT molecular complexity index is 1820. The number of carbonyl (C=O) groups excluding carboxylic acids is 1.